The number of hydrogen-bond acceptors (Lipinski definition) is 3. The van der Waals surface area contributed by atoms with Crippen LogP contribution in [0.3, 0.4) is 0 Å². The van der Waals surface area contributed by atoms with E-state index in [0.717, 1.165) is 5.56 Å². The number of rotatable bonds is 5. The van der Waals surface area contributed by atoms with Crippen LogP contribution in [-0.4, -0.2) is 32.4 Å². The zero-order valence-electron chi connectivity index (χ0n) is 11.1. The standard InChI is InChI=1S/C14H18FNO3S/c15-13-3-1-11(2-4-13)5-7-16-14(17)9-12-6-8-20(18,19)10-12/h1-4,12H,5-10H2,(H,16,17)/t12-/m1/s1. The van der Waals surface area contributed by atoms with Gasteiger partial charge in [0.25, 0.3) is 0 Å². The van der Waals surface area contributed by atoms with Gasteiger partial charge >= 0.3 is 0 Å². The monoisotopic (exact) mass is 299 g/mol. The molecular formula is C14H18FNO3S. The van der Waals surface area contributed by atoms with Gasteiger partial charge in [0.15, 0.2) is 9.84 Å². The van der Waals surface area contributed by atoms with Gasteiger partial charge in [-0.05, 0) is 36.5 Å². The maximum Gasteiger partial charge on any atom is 0.220 e. The molecule has 0 radical (unpaired) electrons. The first-order chi connectivity index (χ1) is 9.44. The maximum absolute atomic E-state index is 12.7. The number of benzene rings is 1. The molecular weight excluding hydrogens is 281 g/mol. The number of carbonyl (C=O) groups excluding carboxylic acids is 1. The van der Waals surface area contributed by atoms with Gasteiger partial charge in [-0.15, -0.1) is 0 Å². The molecule has 20 heavy (non-hydrogen) atoms. The first-order valence-corrected chi connectivity index (χ1v) is 8.48. The van der Waals surface area contributed by atoms with Crippen LogP contribution in [0, 0.1) is 11.7 Å². The van der Waals surface area contributed by atoms with Crippen LogP contribution in [0.4, 0.5) is 4.39 Å². The first-order valence-electron chi connectivity index (χ1n) is 6.66. The molecule has 0 spiro atoms. The maximum atomic E-state index is 12.7. The Morgan fingerprint density at radius 3 is 2.60 bits per heavy atom. The Balaban J connectivity index is 1.69. The van der Waals surface area contributed by atoms with Crippen molar-refractivity contribution in [3.05, 3.63) is 35.6 Å². The summed E-state index contributed by atoms with van der Waals surface area (Å²) in [5, 5.41) is 2.77. The van der Waals surface area contributed by atoms with E-state index in [9.17, 15) is 17.6 Å². The van der Waals surface area contributed by atoms with Crippen molar-refractivity contribution in [2.75, 3.05) is 18.1 Å². The predicted octanol–water partition coefficient (Wildman–Crippen LogP) is 1.31. The van der Waals surface area contributed by atoms with Gasteiger partial charge in [-0.1, -0.05) is 12.1 Å². The summed E-state index contributed by atoms with van der Waals surface area (Å²) in [6.07, 6.45) is 1.48. The van der Waals surface area contributed by atoms with Crippen molar-refractivity contribution in [2.24, 2.45) is 5.92 Å². The van der Waals surface area contributed by atoms with Crippen LogP contribution in [0.5, 0.6) is 0 Å². The van der Waals surface area contributed by atoms with E-state index in [1.807, 2.05) is 0 Å². The highest BCUT2D eigenvalue weighted by molar-refractivity contribution is 7.91. The van der Waals surface area contributed by atoms with Crippen molar-refractivity contribution < 1.29 is 17.6 Å². The van der Waals surface area contributed by atoms with E-state index < -0.39 is 9.84 Å². The van der Waals surface area contributed by atoms with E-state index in [-0.39, 0.29) is 35.6 Å². The minimum absolute atomic E-state index is 0.0502. The normalized spacial score (nSPS) is 20.8. The third-order valence-corrected chi connectivity index (χ3v) is 5.29. The van der Waals surface area contributed by atoms with Crippen LogP contribution >= 0.6 is 0 Å². The van der Waals surface area contributed by atoms with E-state index >= 15 is 0 Å². The molecule has 2 rings (SSSR count). The molecule has 1 saturated heterocycles. The topological polar surface area (TPSA) is 63.2 Å². The molecule has 4 nitrogen and oxygen atoms in total. The van der Waals surface area contributed by atoms with Crippen LogP contribution in [0.25, 0.3) is 0 Å². The van der Waals surface area contributed by atoms with Crippen molar-refractivity contribution in [1.29, 1.82) is 0 Å². The lowest BCUT2D eigenvalue weighted by Gasteiger charge is -2.08. The molecule has 0 bridgehead atoms. The SMILES string of the molecule is O=C(C[C@H]1CCS(=O)(=O)C1)NCCc1ccc(F)cc1. The fourth-order valence-electron chi connectivity index (χ4n) is 2.36. The minimum Gasteiger partial charge on any atom is -0.356 e. The number of carbonyl (C=O) groups is 1. The van der Waals surface area contributed by atoms with Gasteiger partial charge in [0, 0.05) is 13.0 Å². The summed E-state index contributed by atoms with van der Waals surface area (Å²) < 4.78 is 35.3. The molecule has 1 aliphatic heterocycles. The van der Waals surface area contributed by atoms with Gasteiger partial charge in [-0.2, -0.15) is 0 Å². The second kappa shape index (κ2) is 6.35. The van der Waals surface area contributed by atoms with Crippen LogP contribution in [0.1, 0.15) is 18.4 Å². The molecule has 1 aromatic rings. The number of halogens is 1. The second-order valence-corrected chi connectivity index (χ2v) is 7.43. The lowest BCUT2D eigenvalue weighted by Crippen LogP contribution is -2.27. The Labute approximate surface area is 118 Å². The highest BCUT2D eigenvalue weighted by atomic mass is 32.2. The summed E-state index contributed by atoms with van der Waals surface area (Å²) in [6, 6.07) is 6.15. The molecule has 1 aliphatic rings. The Morgan fingerprint density at radius 1 is 1.30 bits per heavy atom. The summed E-state index contributed by atoms with van der Waals surface area (Å²) in [5.74, 6) is -0.126. The number of amides is 1. The largest absolute Gasteiger partial charge is 0.356 e. The molecule has 110 valence electrons. The molecule has 0 aliphatic carbocycles. The Morgan fingerprint density at radius 2 is 2.00 bits per heavy atom. The molecule has 1 aromatic carbocycles. The van der Waals surface area contributed by atoms with Gasteiger partial charge < -0.3 is 5.32 Å². The van der Waals surface area contributed by atoms with E-state index in [2.05, 4.69) is 5.32 Å². The zero-order valence-corrected chi connectivity index (χ0v) is 12.0. The van der Waals surface area contributed by atoms with Crippen LogP contribution < -0.4 is 5.32 Å². The molecule has 1 fully saturated rings. The van der Waals surface area contributed by atoms with E-state index in [0.29, 0.717) is 19.4 Å². The van der Waals surface area contributed by atoms with Gasteiger partial charge in [0.05, 0.1) is 11.5 Å². The average Bonchev–Trinajstić information content (AvgIpc) is 2.71. The first kappa shape index (κ1) is 15.0. The van der Waals surface area contributed by atoms with E-state index in [1.54, 1.807) is 12.1 Å². The number of sulfone groups is 1. The van der Waals surface area contributed by atoms with Crippen LogP contribution in [-0.2, 0) is 21.1 Å². The van der Waals surface area contributed by atoms with Gasteiger partial charge in [-0.3, -0.25) is 4.79 Å². The molecule has 6 heteroatoms. The summed E-state index contributed by atoms with van der Waals surface area (Å²) in [7, 11) is -2.92. The van der Waals surface area contributed by atoms with Crippen molar-refractivity contribution >= 4 is 15.7 Å². The number of nitrogens with one attached hydrogen (secondary N) is 1. The average molecular weight is 299 g/mol. The van der Waals surface area contributed by atoms with E-state index in [1.165, 1.54) is 12.1 Å². The lowest BCUT2D eigenvalue weighted by molar-refractivity contribution is -0.121. The molecule has 1 heterocycles. The highest BCUT2D eigenvalue weighted by Gasteiger charge is 2.29. The fraction of sp³-hybridized carbons (Fsp3) is 0.500. The molecule has 0 unspecified atom stereocenters. The van der Waals surface area contributed by atoms with E-state index in [4.69, 9.17) is 0 Å². The van der Waals surface area contributed by atoms with Crippen LogP contribution in [0.2, 0.25) is 0 Å². The molecule has 1 N–H and O–H groups in total. The summed E-state index contributed by atoms with van der Waals surface area (Å²) in [5.41, 5.74) is 0.954. The van der Waals surface area contributed by atoms with Gasteiger partial charge in [0.1, 0.15) is 5.82 Å². The van der Waals surface area contributed by atoms with Gasteiger partial charge in [-0.25, -0.2) is 12.8 Å². The quantitative estimate of drug-likeness (QED) is 0.891. The van der Waals surface area contributed by atoms with Gasteiger partial charge in [0.2, 0.25) is 5.91 Å². The van der Waals surface area contributed by atoms with Crippen molar-refractivity contribution in [3.8, 4) is 0 Å². The van der Waals surface area contributed by atoms with Crippen molar-refractivity contribution in [1.82, 2.24) is 5.32 Å². The smallest absolute Gasteiger partial charge is 0.220 e. The zero-order chi connectivity index (χ0) is 14.6. The fourth-order valence-corrected chi connectivity index (χ4v) is 4.23. The molecule has 0 aromatic heterocycles. The second-order valence-electron chi connectivity index (χ2n) is 5.20. The molecule has 1 atom stereocenters. The Bertz CT molecular complexity index is 569. The highest BCUT2D eigenvalue weighted by Crippen LogP contribution is 2.21. The van der Waals surface area contributed by atoms with Crippen molar-refractivity contribution in [3.63, 3.8) is 0 Å². The Hall–Kier alpha value is -1.43. The molecule has 1 amide bonds. The Kier molecular flexibility index (Phi) is 4.75. The third-order valence-electron chi connectivity index (χ3n) is 3.45. The molecule has 0 saturated carbocycles. The summed E-state index contributed by atoms with van der Waals surface area (Å²) in [6.45, 7) is 0.476. The summed E-state index contributed by atoms with van der Waals surface area (Å²) >= 11 is 0. The van der Waals surface area contributed by atoms with Crippen molar-refractivity contribution in [2.45, 2.75) is 19.3 Å². The van der Waals surface area contributed by atoms with Crippen LogP contribution in [0.15, 0.2) is 24.3 Å². The number of hydrogen-bond donors (Lipinski definition) is 1. The third kappa shape index (κ3) is 4.59. The lowest BCUT2D eigenvalue weighted by atomic mass is 10.0. The predicted molar refractivity (Wildman–Crippen MR) is 74.5 cm³/mol. The minimum atomic E-state index is -2.92. The summed E-state index contributed by atoms with van der Waals surface area (Å²) in [4.78, 5) is 11.7.